The highest BCUT2D eigenvalue weighted by molar-refractivity contribution is 7.88. The van der Waals surface area contributed by atoms with E-state index in [1.54, 1.807) is 6.07 Å². The Balaban J connectivity index is 1.67. The highest BCUT2D eigenvalue weighted by Gasteiger charge is 2.59. The maximum Gasteiger partial charge on any atom is 0.419 e. The number of sulfonamides is 1. The molecule has 1 saturated carbocycles. The number of fused-ring (bicyclic) bond motifs is 1. The summed E-state index contributed by atoms with van der Waals surface area (Å²) < 4.78 is 66.3. The summed E-state index contributed by atoms with van der Waals surface area (Å²) in [7, 11) is -3.21. The van der Waals surface area contributed by atoms with Crippen molar-refractivity contribution >= 4 is 15.8 Å². The zero-order valence-corrected chi connectivity index (χ0v) is 17.0. The van der Waals surface area contributed by atoms with Gasteiger partial charge in [-0.3, -0.25) is 4.68 Å². The van der Waals surface area contributed by atoms with Gasteiger partial charge in [0.2, 0.25) is 10.0 Å². The molecule has 7 nitrogen and oxygen atoms in total. The van der Waals surface area contributed by atoms with Crippen LogP contribution in [0.25, 0.3) is 11.3 Å². The van der Waals surface area contributed by atoms with Gasteiger partial charge in [0.25, 0.3) is 0 Å². The van der Waals surface area contributed by atoms with E-state index in [1.165, 1.54) is 16.8 Å². The molecule has 1 aliphatic heterocycles. The van der Waals surface area contributed by atoms with E-state index in [0.29, 0.717) is 18.8 Å². The quantitative estimate of drug-likeness (QED) is 0.807. The first kappa shape index (κ1) is 20.1. The minimum absolute atomic E-state index is 0.00918. The fourth-order valence-electron chi connectivity index (χ4n) is 4.25. The monoisotopic (exact) mass is 429 g/mol. The zero-order valence-electron chi connectivity index (χ0n) is 16.2. The molecule has 2 aromatic rings. The van der Waals surface area contributed by atoms with Crippen LogP contribution in [0.2, 0.25) is 0 Å². The third-order valence-corrected chi connectivity index (χ3v) is 6.98. The molecule has 0 unspecified atom stereocenters. The molecule has 158 valence electrons. The van der Waals surface area contributed by atoms with E-state index < -0.39 is 27.6 Å². The van der Waals surface area contributed by atoms with Gasteiger partial charge in [0.15, 0.2) is 0 Å². The Morgan fingerprint density at radius 3 is 2.34 bits per heavy atom. The first-order valence-corrected chi connectivity index (χ1v) is 11.1. The molecular weight excluding hydrogens is 407 g/mol. The number of nitrogen functional groups attached to an aromatic ring is 1. The summed E-state index contributed by atoms with van der Waals surface area (Å²) in [6, 6.07) is 2.77. The van der Waals surface area contributed by atoms with Crippen molar-refractivity contribution in [1.82, 2.24) is 19.1 Å². The van der Waals surface area contributed by atoms with Gasteiger partial charge in [-0.2, -0.15) is 18.3 Å². The second-order valence-electron chi connectivity index (χ2n) is 8.08. The second kappa shape index (κ2) is 6.43. The lowest BCUT2D eigenvalue weighted by molar-refractivity contribution is -0.137. The fraction of sp³-hybridized carbons (Fsp3) is 0.556. The molecule has 3 atom stereocenters. The van der Waals surface area contributed by atoms with E-state index in [0.717, 1.165) is 11.8 Å². The average Bonchev–Trinajstić information content (AvgIpc) is 2.98. The van der Waals surface area contributed by atoms with Crippen molar-refractivity contribution in [3.63, 3.8) is 0 Å². The van der Waals surface area contributed by atoms with Gasteiger partial charge in [-0.1, -0.05) is 0 Å². The van der Waals surface area contributed by atoms with E-state index in [1.807, 2.05) is 18.5 Å². The number of aromatic nitrogens is 3. The van der Waals surface area contributed by atoms with Crippen LogP contribution in [-0.2, 0) is 16.2 Å². The van der Waals surface area contributed by atoms with E-state index in [4.69, 9.17) is 5.73 Å². The standard InChI is InChI=1S/C18H22F3N5O2S/c1-9(2)26-15(16-11-7-25(8-12(11)16)29(3,27)28)5-14(24-26)10-4-13(18(19,20)21)17(22)23-6-10/h4-6,9,11-12,16H,7-8H2,1-3H3,(H2,22,23)/t11-,12+,16+. The van der Waals surface area contributed by atoms with Crippen molar-refractivity contribution in [3.8, 4) is 11.3 Å². The van der Waals surface area contributed by atoms with Crippen LogP contribution in [0.3, 0.4) is 0 Å². The highest BCUT2D eigenvalue weighted by Crippen LogP contribution is 2.59. The Hall–Kier alpha value is -2.14. The lowest BCUT2D eigenvalue weighted by Crippen LogP contribution is -2.30. The van der Waals surface area contributed by atoms with E-state index in [9.17, 15) is 21.6 Å². The van der Waals surface area contributed by atoms with Crippen molar-refractivity contribution < 1.29 is 21.6 Å². The summed E-state index contributed by atoms with van der Waals surface area (Å²) in [4.78, 5) is 3.70. The number of rotatable bonds is 4. The van der Waals surface area contributed by atoms with Crippen LogP contribution < -0.4 is 5.73 Å². The van der Waals surface area contributed by atoms with Crippen LogP contribution in [-0.4, -0.2) is 46.8 Å². The minimum Gasteiger partial charge on any atom is -0.383 e. The maximum atomic E-state index is 13.2. The third kappa shape index (κ3) is 3.50. The lowest BCUT2D eigenvalue weighted by Gasteiger charge is -2.18. The lowest BCUT2D eigenvalue weighted by atomic mass is 10.1. The summed E-state index contributed by atoms with van der Waals surface area (Å²) >= 11 is 0. The largest absolute Gasteiger partial charge is 0.419 e. The molecule has 2 aromatic heterocycles. The predicted molar refractivity (Wildman–Crippen MR) is 101 cm³/mol. The molecule has 0 spiro atoms. The van der Waals surface area contributed by atoms with Gasteiger partial charge >= 0.3 is 6.18 Å². The van der Waals surface area contributed by atoms with Gasteiger partial charge in [0, 0.05) is 42.5 Å². The van der Waals surface area contributed by atoms with Gasteiger partial charge in [-0.15, -0.1) is 0 Å². The summed E-state index contributed by atoms with van der Waals surface area (Å²) in [5.74, 6) is 0.00643. The smallest absolute Gasteiger partial charge is 0.383 e. The minimum atomic E-state index is -4.60. The Kier molecular flexibility index (Phi) is 4.47. The molecule has 1 aliphatic carbocycles. The van der Waals surface area contributed by atoms with Crippen molar-refractivity contribution in [3.05, 3.63) is 29.6 Å². The summed E-state index contributed by atoms with van der Waals surface area (Å²) in [6.07, 6.45) is -2.10. The molecule has 2 fully saturated rings. The maximum absolute atomic E-state index is 13.2. The van der Waals surface area contributed by atoms with Crippen molar-refractivity contribution in [2.45, 2.75) is 32.0 Å². The normalized spacial score (nSPS) is 24.9. The molecule has 11 heteroatoms. The first-order chi connectivity index (χ1) is 13.4. The summed E-state index contributed by atoms with van der Waals surface area (Å²) in [6.45, 7) is 4.83. The number of alkyl halides is 3. The predicted octanol–water partition coefficient (Wildman–Crippen LogP) is 2.73. The van der Waals surface area contributed by atoms with Gasteiger partial charge in [-0.05, 0) is 37.8 Å². The first-order valence-electron chi connectivity index (χ1n) is 9.25. The molecule has 29 heavy (non-hydrogen) atoms. The van der Waals surface area contributed by atoms with Crippen LogP contribution in [0.1, 0.15) is 37.1 Å². The van der Waals surface area contributed by atoms with Crippen LogP contribution in [0.5, 0.6) is 0 Å². The molecule has 2 N–H and O–H groups in total. The van der Waals surface area contributed by atoms with Gasteiger partial charge in [0.05, 0.1) is 17.5 Å². The Labute approximate surface area is 166 Å². The summed E-state index contributed by atoms with van der Waals surface area (Å²) in [5.41, 5.74) is 5.98. The molecule has 0 amide bonds. The third-order valence-electron chi connectivity index (χ3n) is 5.74. The zero-order chi connectivity index (χ0) is 21.3. The number of nitrogens with two attached hydrogens (primary N) is 1. The number of nitrogens with zero attached hydrogens (tertiary/aromatic N) is 4. The Bertz CT molecular complexity index is 1050. The molecule has 2 aliphatic rings. The summed E-state index contributed by atoms with van der Waals surface area (Å²) in [5, 5.41) is 4.53. The molecule has 0 bridgehead atoms. The van der Waals surface area contributed by atoms with Gasteiger partial charge < -0.3 is 5.73 Å². The number of piperidine rings is 1. The van der Waals surface area contributed by atoms with Crippen molar-refractivity contribution in [2.24, 2.45) is 11.8 Å². The average molecular weight is 429 g/mol. The van der Waals surface area contributed by atoms with Crippen molar-refractivity contribution in [1.29, 1.82) is 0 Å². The fourth-order valence-corrected chi connectivity index (χ4v) is 5.14. The SMILES string of the molecule is CC(C)n1nc(-c2cnc(N)c(C(F)(F)F)c2)cc1[C@H]1[C@@H]2CN(S(C)(=O)=O)C[C@@H]21. The molecule has 0 aromatic carbocycles. The van der Waals surface area contributed by atoms with Crippen LogP contribution in [0.15, 0.2) is 18.3 Å². The molecule has 3 heterocycles. The second-order valence-corrected chi connectivity index (χ2v) is 10.1. The number of pyridine rings is 1. The Morgan fingerprint density at radius 1 is 1.21 bits per heavy atom. The molecule has 1 saturated heterocycles. The van der Waals surface area contributed by atoms with Gasteiger partial charge in [-0.25, -0.2) is 17.7 Å². The molecule has 4 rings (SSSR count). The topological polar surface area (TPSA) is 94.1 Å². The number of anilines is 1. The van der Waals surface area contributed by atoms with Crippen LogP contribution in [0.4, 0.5) is 19.0 Å². The van der Waals surface area contributed by atoms with E-state index >= 15 is 0 Å². The number of hydrogen-bond donors (Lipinski definition) is 1. The van der Waals surface area contributed by atoms with E-state index in [-0.39, 0.29) is 29.4 Å². The van der Waals surface area contributed by atoms with Crippen LogP contribution >= 0.6 is 0 Å². The van der Waals surface area contributed by atoms with E-state index in [2.05, 4.69) is 10.1 Å². The van der Waals surface area contributed by atoms with Crippen LogP contribution in [0, 0.1) is 11.8 Å². The van der Waals surface area contributed by atoms with Crippen molar-refractivity contribution in [2.75, 3.05) is 25.1 Å². The highest BCUT2D eigenvalue weighted by atomic mass is 32.2. The number of halogens is 3. The number of hydrogen-bond acceptors (Lipinski definition) is 5. The Morgan fingerprint density at radius 2 is 1.83 bits per heavy atom. The molecule has 0 radical (unpaired) electrons. The molecular formula is C18H22F3N5O2S. The van der Waals surface area contributed by atoms with Gasteiger partial charge in [0.1, 0.15) is 5.82 Å².